The molecule has 8 heteroatoms. The number of ether oxygens (including phenoxy) is 2. The normalized spacial score (nSPS) is 19.5. The summed E-state index contributed by atoms with van der Waals surface area (Å²) in [6.45, 7) is 6.13. The molecule has 2 fully saturated rings. The Labute approximate surface area is 185 Å². The number of nitrogens with one attached hydrogen (secondary N) is 2. The molecule has 2 saturated heterocycles. The van der Waals surface area contributed by atoms with Crippen LogP contribution in [0.4, 0.5) is 5.82 Å². The standard InChI is InChI=1S/C20H33N5O2.HI/c1-21-20(22-9-5-12-26-16-18-6-4-13-27-18)24-15-17-7-8-19(23-14-17)25-10-2-3-11-25;/h7-8,14,18H,2-6,9-13,15-16H2,1H3,(H2,21,22,24);1H. The van der Waals surface area contributed by atoms with Crippen molar-refractivity contribution in [1.82, 2.24) is 15.6 Å². The molecule has 0 radical (unpaired) electrons. The fourth-order valence-corrected chi connectivity index (χ4v) is 3.43. The molecule has 158 valence electrons. The number of hydrogen-bond donors (Lipinski definition) is 2. The number of pyridine rings is 1. The van der Waals surface area contributed by atoms with Gasteiger partial charge in [-0.1, -0.05) is 6.07 Å². The van der Waals surface area contributed by atoms with Crippen molar-refractivity contribution in [1.29, 1.82) is 0 Å². The molecule has 0 bridgehead atoms. The molecule has 7 nitrogen and oxygen atoms in total. The molecule has 0 spiro atoms. The van der Waals surface area contributed by atoms with Gasteiger partial charge in [-0.25, -0.2) is 4.98 Å². The zero-order chi connectivity index (χ0) is 18.7. The van der Waals surface area contributed by atoms with E-state index in [9.17, 15) is 0 Å². The molecule has 2 N–H and O–H groups in total. The van der Waals surface area contributed by atoms with Gasteiger partial charge in [0.2, 0.25) is 0 Å². The zero-order valence-corrected chi connectivity index (χ0v) is 19.2. The number of halogens is 1. The van der Waals surface area contributed by atoms with Crippen molar-refractivity contribution >= 4 is 35.8 Å². The lowest BCUT2D eigenvalue weighted by atomic mass is 10.2. The predicted octanol–water partition coefficient (Wildman–Crippen LogP) is 2.55. The van der Waals surface area contributed by atoms with Gasteiger partial charge in [-0.3, -0.25) is 4.99 Å². The summed E-state index contributed by atoms with van der Waals surface area (Å²) in [5.74, 6) is 1.89. The lowest BCUT2D eigenvalue weighted by molar-refractivity contribution is 0.0168. The smallest absolute Gasteiger partial charge is 0.191 e. The fraction of sp³-hybridized carbons (Fsp3) is 0.700. The number of aromatic nitrogens is 1. The van der Waals surface area contributed by atoms with Gasteiger partial charge < -0.3 is 25.0 Å². The van der Waals surface area contributed by atoms with E-state index in [1.807, 2.05) is 6.20 Å². The number of aliphatic imine (C=N–C) groups is 1. The highest BCUT2D eigenvalue weighted by atomic mass is 127. The molecular formula is C20H34IN5O2. The molecule has 0 saturated carbocycles. The minimum atomic E-state index is 0. The Morgan fingerprint density at radius 1 is 1.29 bits per heavy atom. The van der Waals surface area contributed by atoms with Gasteiger partial charge in [0.05, 0.1) is 12.7 Å². The number of anilines is 1. The monoisotopic (exact) mass is 503 g/mol. The van der Waals surface area contributed by atoms with Crippen LogP contribution in [0.1, 0.15) is 37.7 Å². The third-order valence-corrected chi connectivity index (χ3v) is 5.01. The first-order valence-corrected chi connectivity index (χ1v) is 10.2. The fourth-order valence-electron chi connectivity index (χ4n) is 3.43. The van der Waals surface area contributed by atoms with E-state index in [1.54, 1.807) is 7.05 Å². The molecule has 1 unspecified atom stereocenters. The van der Waals surface area contributed by atoms with Gasteiger partial charge in [0.15, 0.2) is 5.96 Å². The molecule has 0 amide bonds. The molecule has 0 aromatic carbocycles. The van der Waals surface area contributed by atoms with Crippen molar-refractivity contribution in [2.24, 2.45) is 4.99 Å². The highest BCUT2D eigenvalue weighted by Gasteiger charge is 2.15. The first kappa shape index (κ1) is 23.2. The quantitative estimate of drug-likeness (QED) is 0.234. The van der Waals surface area contributed by atoms with E-state index < -0.39 is 0 Å². The van der Waals surface area contributed by atoms with E-state index in [-0.39, 0.29) is 24.0 Å². The summed E-state index contributed by atoms with van der Waals surface area (Å²) in [4.78, 5) is 11.2. The number of rotatable bonds is 9. The van der Waals surface area contributed by atoms with Crippen molar-refractivity contribution < 1.29 is 9.47 Å². The Hall–Kier alpha value is -1.13. The molecule has 1 aromatic heterocycles. The average Bonchev–Trinajstić information content (AvgIpc) is 3.41. The second kappa shape index (κ2) is 13.2. The van der Waals surface area contributed by atoms with Gasteiger partial charge in [0, 0.05) is 52.6 Å². The highest BCUT2D eigenvalue weighted by molar-refractivity contribution is 14.0. The molecule has 0 aliphatic carbocycles. The topological polar surface area (TPSA) is 71.0 Å². The Morgan fingerprint density at radius 3 is 2.82 bits per heavy atom. The minimum absolute atomic E-state index is 0. The summed E-state index contributed by atoms with van der Waals surface area (Å²) in [7, 11) is 1.79. The summed E-state index contributed by atoms with van der Waals surface area (Å²) < 4.78 is 11.2. The van der Waals surface area contributed by atoms with Crippen LogP contribution in [0, 0.1) is 0 Å². The summed E-state index contributed by atoms with van der Waals surface area (Å²) in [5, 5.41) is 6.66. The maximum atomic E-state index is 5.68. The average molecular weight is 503 g/mol. The summed E-state index contributed by atoms with van der Waals surface area (Å²) in [5.41, 5.74) is 1.15. The molecular weight excluding hydrogens is 469 g/mol. The van der Waals surface area contributed by atoms with Crippen LogP contribution in [0.15, 0.2) is 23.3 Å². The summed E-state index contributed by atoms with van der Waals surface area (Å²) in [6.07, 6.45) is 8.03. The van der Waals surface area contributed by atoms with Crippen LogP contribution < -0.4 is 15.5 Å². The number of hydrogen-bond acceptors (Lipinski definition) is 5. The second-order valence-corrected chi connectivity index (χ2v) is 7.13. The van der Waals surface area contributed by atoms with Crippen LogP contribution in [0.25, 0.3) is 0 Å². The summed E-state index contributed by atoms with van der Waals surface area (Å²) >= 11 is 0. The van der Waals surface area contributed by atoms with E-state index in [0.717, 1.165) is 69.5 Å². The Morgan fingerprint density at radius 2 is 2.14 bits per heavy atom. The Bertz CT molecular complexity index is 572. The van der Waals surface area contributed by atoms with Crippen molar-refractivity contribution in [2.75, 3.05) is 51.4 Å². The van der Waals surface area contributed by atoms with Crippen molar-refractivity contribution in [3.63, 3.8) is 0 Å². The van der Waals surface area contributed by atoms with E-state index in [2.05, 4.69) is 37.6 Å². The third kappa shape index (κ3) is 7.71. The van der Waals surface area contributed by atoms with E-state index in [1.165, 1.54) is 12.8 Å². The van der Waals surface area contributed by atoms with Crippen LogP contribution in [0.2, 0.25) is 0 Å². The van der Waals surface area contributed by atoms with Gasteiger partial charge in [0.25, 0.3) is 0 Å². The molecule has 2 aliphatic rings. The maximum absolute atomic E-state index is 5.68. The molecule has 2 aliphatic heterocycles. The van der Waals surface area contributed by atoms with Crippen LogP contribution in [-0.2, 0) is 16.0 Å². The van der Waals surface area contributed by atoms with Crippen LogP contribution in [0.3, 0.4) is 0 Å². The molecule has 1 aromatic rings. The molecule has 1 atom stereocenters. The Balaban J connectivity index is 0.00000280. The predicted molar refractivity (Wildman–Crippen MR) is 124 cm³/mol. The SMILES string of the molecule is CN=C(NCCCOCC1CCCO1)NCc1ccc(N2CCCC2)nc1.I. The van der Waals surface area contributed by atoms with E-state index >= 15 is 0 Å². The van der Waals surface area contributed by atoms with Crippen LogP contribution in [-0.4, -0.2) is 63.6 Å². The molecule has 28 heavy (non-hydrogen) atoms. The van der Waals surface area contributed by atoms with Gasteiger partial charge in [-0.2, -0.15) is 0 Å². The number of guanidine groups is 1. The first-order valence-electron chi connectivity index (χ1n) is 10.2. The van der Waals surface area contributed by atoms with Crippen molar-refractivity contribution in [3.05, 3.63) is 23.9 Å². The van der Waals surface area contributed by atoms with Crippen molar-refractivity contribution in [2.45, 2.75) is 44.8 Å². The van der Waals surface area contributed by atoms with Crippen LogP contribution in [0.5, 0.6) is 0 Å². The second-order valence-electron chi connectivity index (χ2n) is 7.13. The lowest BCUT2D eigenvalue weighted by Crippen LogP contribution is -2.37. The Kier molecular flexibility index (Phi) is 10.9. The maximum Gasteiger partial charge on any atom is 0.191 e. The third-order valence-electron chi connectivity index (χ3n) is 5.01. The first-order chi connectivity index (χ1) is 13.3. The van der Waals surface area contributed by atoms with Gasteiger partial charge >= 0.3 is 0 Å². The van der Waals surface area contributed by atoms with Gasteiger partial charge in [0.1, 0.15) is 5.82 Å². The van der Waals surface area contributed by atoms with E-state index in [0.29, 0.717) is 19.3 Å². The number of nitrogens with zero attached hydrogens (tertiary/aromatic N) is 3. The molecule has 3 rings (SSSR count). The lowest BCUT2D eigenvalue weighted by Gasteiger charge is -2.16. The minimum Gasteiger partial charge on any atom is -0.379 e. The van der Waals surface area contributed by atoms with E-state index in [4.69, 9.17) is 9.47 Å². The van der Waals surface area contributed by atoms with Crippen LogP contribution >= 0.6 is 24.0 Å². The van der Waals surface area contributed by atoms with Crippen molar-refractivity contribution in [3.8, 4) is 0 Å². The zero-order valence-electron chi connectivity index (χ0n) is 16.9. The highest BCUT2D eigenvalue weighted by Crippen LogP contribution is 2.17. The summed E-state index contributed by atoms with van der Waals surface area (Å²) in [6, 6.07) is 4.25. The van der Waals surface area contributed by atoms with Gasteiger partial charge in [-0.05, 0) is 43.7 Å². The van der Waals surface area contributed by atoms with Gasteiger partial charge in [-0.15, -0.1) is 24.0 Å². The largest absolute Gasteiger partial charge is 0.379 e. The molecule has 3 heterocycles.